The van der Waals surface area contributed by atoms with E-state index < -0.39 is 18.1 Å². The van der Waals surface area contributed by atoms with Crippen molar-refractivity contribution < 1.29 is 19.8 Å². The number of aliphatic hydroxyl groups excluding tert-OH is 1. The van der Waals surface area contributed by atoms with Gasteiger partial charge in [0.2, 0.25) is 0 Å². The molecule has 0 radical (unpaired) electrons. The standard InChI is InChI=1S/C11H20N2O4/c1-7(2)5-12(3)11(17)13-6-8(14)4-9(13)10(15)16/h7-9,14H,4-6H2,1-3H3,(H,15,16)/t8?,9-/m0/s1. The lowest BCUT2D eigenvalue weighted by atomic mass is 10.2. The van der Waals surface area contributed by atoms with E-state index in [2.05, 4.69) is 0 Å². The molecule has 1 fully saturated rings. The average Bonchev–Trinajstić information content (AvgIpc) is 2.58. The normalized spacial score (nSPS) is 24.2. The van der Waals surface area contributed by atoms with Gasteiger partial charge in [0.15, 0.2) is 0 Å². The summed E-state index contributed by atoms with van der Waals surface area (Å²) in [6.07, 6.45) is -0.635. The van der Waals surface area contributed by atoms with Gasteiger partial charge in [-0.05, 0) is 5.92 Å². The molecule has 1 unspecified atom stereocenters. The number of aliphatic carboxylic acids is 1. The molecule has 1 aliphatic rings. The summed E-state index contributed by atoms with van der Waals surface area (Å²) < 4.78 is 0. The highest BCUT2D eigenvalue weighted by Crippen LogP contribution is 2.19. The molecule has 0 saturated carbocycles. The average molecular weight is 244 g/mol. The second-order valence-electron chi connectivity index (χ2n) is 4.95. The topological polar surface area (TPSA) is 81.1 Å². The highest BCUT2D eigenvalue weighted by Gasteiger charge is 2.39. The van der Waals surface area contributed by atoms with Crippen LogP contribution in [-0.4, -0.2) is 64.3 Å². The van der Waals surface area contributed by atoms with Crippen LogP contribution in [0.2, 0.25) is 0 Å². The number of likely N-dealkylation sites (tertiary alicyclic amines) is 1. The van der Waals surface area contributed by atoms with Crippen LogP contribution in [0.25, 0.3) is 0 Å². The van der Waals surface area contributed by atoms with Gasteiger partial charge in [-0.25, -0.2) is 9.59 Å². The second kappa shape index (κ2) is 5.35. The Kier molecular flexibility index (Phi) is 4.34. The third-order valence-corrected chi connectivity index (χ3v) is 2.78. The fourth-order valence-electron chi connectivity index (χ4n) is 2.10. The molecule has 2 atom stereocenters. The number of nitrogens with zero attached hydrogens (tertiary/aromatic N) is 2. The van der Waals surface area contributed by atoms with Crippen molar-refractivity contribution in [2.75, 3.05) is 20.1 Å². The van der Waals surface area contributed by atoms with Gasteiger partial charge in [0.25, 0.3) is 0 Å². The smallest absolute Gasteiger partial charge is 0.326 e. The van der Waals surface area contributed by atoms with E-state index in [9.17, 15) is 14.7 Å². The number of carboxylic acid groups (broad SMARTS) is 1. The first-order valence-electron chi connectivity index (χ1n) is 5.75. The van der Waals surface area contributed by atoms with Crippen molar-refractivity contribution in [3.05, 3.63) is 0 Å². The van der Waals surface area contributed by atoms with Crippen molar-refractivity contribution >= 4 is 12.0 Å². The first-order valence-corrected chi connectivity index (χ1v) is 5.75. The third kappa shape index (κ3) is 3.33. The van der Waals surface area contributed by atoms with Gasteiger partial charge in [0.1, 0.15) is 6.04 Å². The van der Waals surface area contributed by atoms with Gasteiger partial charge in [-0.2, -0.15) is 0 Å². The number of hydrogen-bond donors (Lipinski definition) is 2. The molecule has 2 amide bonds. The minimum atomic E-state index is -1.06. The van der Waals surface area contributed by atoms with Gasteiger partial charge in [-0.1, -0.05) is 13.8 Å². The largest absolute Gasteiger partial charge is 0.480 e. The molecule has 0 bridgehead atoms. The Morgan fingerprint density at radius 3 is 2.53 bits per heavy atom. The Morgan fingerprint density at radius 1 is 1.47 bits per heavy atom. The van der Waals surface area contributed by atoms with Gasteiger partial charge in [-0.15, -0.1) is 0 Å². The van der Waals surface area contributed by atoms with E-state index in [0.29, 0.717) is 12.5 Å². The van der Waals surface area contributed by atoms with Crippen molar-refractivity contribution in [3.63, 3.8) is 0 Å². The van der Waals surface area contributed by atoms with E-state index in [0.717, 1.165) is 0 Å². The molecule has 17 heavy (non-hydrogen) atoms. The van der Waals surface area contributed by atoms with Gasteiger partial charge < -0.3 is 20.0 Å². The predicted molar refractivity (Wildman–Crippen MR) is 61.6 cm³/mol. The Labute approximate surface area is 101 Å². The minimum absolute atomic E-state index is 0.0955. The van der Waals surface area contributed by atoms with E-state index in [1.807, 2.05) is 13.8 Å². The summed E-state index contributed by atoms with van der Waals surface area (Å²) in [6, 6.07) is -1.24. The molecular formula is C11H20N2O4. The molecule has 0 spiro atoms. The molecule has 6 heteroatoms. The number of aliphatic hydroxyl groups is 1. The second-order valence-corrected chi connectivity index (χ2v) is 4.95. The predicted octanol–water partition coefficient (Wildman–Crippen LogP) is 0.214. The number of β-amino-alcohol motifs (C(OH)–C–C–N with tert-alkyl or cyclic N) is 1. The summed E-state index contributed by atoms with van der Waals surface area (Å²) in [7, 11) is 1.64. The van der Waals surface area contributed by atoms with Crippen LogP contribution in [-0.2, 0) is 4.79 Å². The summed E-state index contributed by atoms with van der Waals surface area (Å²) in [5.74, 6) is -0.743. The number of carbonyl (C=O) groups excluding carboxylic acids is 1. The zero-order valence-electron chi connectivity index (χ0n) is 10.5. The summed E-state index contributed by atoms with van der Waals surface area (Å²) in [4.78, 5) is 25.7. The van der Waals surface area contributed by atoms with Crippen LogP contribution in [0.5, 0.6) is 0 Å². The number of carbonyl (C=O) groups is 2. The Hall–Kier alpha value is -1.30. The van der Waals surface area contributed by atoms with E-state index >= 15 is 0 Å². The molecule has 0 aromatic carbocycles. The molecule has 0 aliphatic carbocycles. The highest BCUT2D eigenvalue weighted by molar-refractivity contribution is 5.83. The number of amides is 2. The van der Waals surface area contributed by atoms with Gasteiger partial charge in [0.05, 0.1) is 6.10 Å². The Bertz CT molecular complexity index is 306. The number of hydrogen-bond acceptors (Lipinski definition) is 3. The summed E-state index contributed by atoms with van der Waals surface area (Å²) in [5.41, 5.74) is 0. The van der Waals surface area contributed by atoms with Gasteiger partial charge in [-0.3, -0.25) is 0 Å². The van der Waals surface area contributed by atoms with Gasteiger partial charge in [0, 0.05) is 26.6 Å². The van der Waals surface area contributed by atoms with Crippen molar-refractivity contribution in [1.29, 1.82) is 0 Å². The van der Waals surface area contributed by atoms with E-state index in [4.69, 9.17) is 5.11 Å². The maximum absolute atomic E-state index is 12.0. The molecule has 1 rings (SSSR count). The quantitative estimate of drug-likeness (QED) is 0.744. The Morgan fingerprint density at radius 2 is 2.06 bits per heavy atom. The van der Waals surface area contributed by atoms with Crippen molar-refractivity contribution in [1.82, 2.24) is 9.80 Å². The molecule has 1 saturated heterocycles. The molecule has 1 heterocycles. The summed E-state index contributed by atoms with van der Waals surface area (Å²) in [6.45, 7) is 4.63. The minimum Gasteiger partial charge on any atom is -0.480 e. The van der Waals surface area contributed by atoms with E-state index in [1.165, 1.54) is 9.80 Å². The van der Waals surface area contributed by atoms with Crippen LogP contribution in [0.3, 0.4) is 0 Å². The van der Waals surface area contributed by atoms with Crippen molar-refractivity contribution in [2.45, 2.75) is 32.4 Å². The third-order valence-electron chi connectivity index (χ3n) is 2.78. The molecule has 2 N–H and O–H groups in total. The Balaban J connectivity index is 2.70. The van der Waals surface area contributed by atoms with E-state index in [-0.39, 0.29) is 19.0 Å². The number of urea groups is 1. The molecular weight excluding hydrogens is 224 g/mol. The highest BCUT2D eigenvalue weighted by atomic mass is 16.4. The monoisotopic (exact) mass is 244 g/mol. The lowest BCUT2D eigenvalue weighted by molar-refractivity contribution is -0.141. The zero-order chi connectivity index (χ0) is 13.2. The molecule has 1 aliphatic heterocycles. The molecule has 6 nitrogen and oxygen atoms in total. The van der Waals surface area contributed by atoms with Crippen LogP contribution in [0.4, 0.5) is 4.79 Å². The van der Waals surface area contributed by atoms with Crippen LogP contribution < -0.4 is 0 Å². The van der Waals surface area contributed by atoms with E-state index in [1.54, 1.807) is 7.05 Å². The van der Waals surface area contributed by atoms with Crippen LogP contribution in [0, 0.1) is 5.92 Å². The van der Waals surface area contributed by atoms with Crippen LogP contribution in [0.15, 0.2) is 0 Å². The fraction of sp³-hybridized carbons (Fsp3) is 0.818. The van der Waals surface area contributed by atoms with Crippen LogP contribution in [0.1, 0.15) is 20.3 Å². The molecule has 0 aromatic rings. The SMILES string of the molecule is CC(C)CN(C)C(=O)N1CC(O)C[C@H]1C(=O)O. The number of rotatable bonds is 3. The van der Waals surface area contributed by atoms with Crippen LogP contribution >= 0.6 is 0 Å². The molecule has 0 aromatic heterocycles. The fourth-order valence-corrected chi connectivity index (χ4v) is 2.10. The lowest BCUT2D eigenvalue weighted by Crippen LogP contribution is -2.47. The van der Waals surface area contributed by atoms with Crippen molar-refractivity contribution in [2.24, 2.45) is 5.92 Å². The first-order chi connectivity index (χ1) is 7.82. The zero-order valence-corrected chi connectivity index (χ0v) is 10.5. The maximum Gasteiger partial charge on any atom is 0.326 e. The maximum atomic E-state index is 12.0. The molecule has 98 valence electrons. The summed E-state index contributed by atoms with van der Waals surface area (Å²) in [5, 5.41) is 18.4. The lowest BCUT2D eigenvalue weighted by Gasteiger charge is -2.28. The first kappa shape index (κ1) is 13.8. The van der Waals surface area contributed by atoms with Gasteiger partial charge >= 0.3 is 12.0 Å². The summed E-state index contributed by atoms with van der Waals surface area (Å²) >= 11 is 0. The number of carboxylic acids is 1. The van der Waals surface area contributed by atoms with Crippen molar-refractivity contribution in [3.8, 4) is 0 Å².